The number of hydrogen-bond acceptors (Lipinski definition) is 4. The zero-order valence-electron chi connectivity index (χ0n) is 19.2. The van der Waals surface area contributed by atoms with Gasteiger partial charge in [-0.15, -0.1) is 11.8 Å². The van der Waals surface area contributed by atoms with Gasteiger partial charge < -0.3 is 15.0 Å². The van der Waals surface area contributed by atoms with Crippen LogP contribution in [0.4, 0.5) is 0 Å². The Bertz CT molecular complexity index is 837. The van der Waals surface area contributed by atoms with Crippen molar-refractivity contribution in [3.8, 4) is 5.75 Å². The SMILES string of the molecule is CC[C@@H](C)NC(=O)[C@H](CC)N(Cc1ccc(OC)cc1)C(=O)CSc1ccc(C)cc1. The number of amides is 2. The molecule has 5 nitrogen and oxygen atoms in total. The highest BCUT2D eigenvalue weighted by atomic mass is 32.2. The van der Waals surface area contributed by atoms with Crippen molar-refractivity contribution in [2.24, 2.45) is 0 Å². The van der Waals surface area contributed by atoms with Crippen molar-refractivity contribution in [3.05, 3.63) is 59.7 Å². The number of carbonyl (C=O) groups excluding carboxylic acids is 2. The number of ether oxygens (including phenoxy) is 1. The maximum atomic E-state index is 13.3. The van der Waals surface area contributed by atoms with Gasteiger partial charge in [-0.25, -0.2) is 0 Å². The molecule has 2 aromatic rings. The lowest BCUT2D eigenvalue weighted by Gasteiger charge is -2.31. The summed E-state index contributed by atoms with van der Waals surface area (Å²) in [5, 5.41) is 3.04. The number of rotatable bonds is 11. The van der Waals surface area contributed by atoms with E-state index in [9.17, 15) is 9.59 Å². The summed E-state index contributed by atoms with van der Waals surface area (Å²) in [5.74, 6) is 0.900. The lowest BCUT2D eigenvalue weighted by molar-refractivity contribution is -0.139. The van der Waals surface area contributed by atoms with E-state index in [2.05, 4.69) is 5.32 Å². The summed E-state index contributed by atoms with van der Waals surface area (Å²) in [7, 11) is 1.62. The normalized spacial score (nSPS) is 12.7. The van der Waals surface area contributed by atoms with Gasteiger partial charge in [-0.05, 0) is 56.5 Å². The van der Waals surface area contributed by atoms with Gasteiger partial charge in [0.05, 0.1) is 12.9 Å². The number of methoxy groups -OCH3 is 1. The number of aryl methyl sites for hydroxylation is 1. The third-order valence-electron chi connectivity index (χ3n) is 5.28. The monoisotopic (exact) mass is 442 g/mol. The molecule has 2 amide bonds. The van der Waals surface area contributed by atoms with Crippen molar-refractivity contribution in [1.82, 2.24) is 10.2 Å². The Balaban J connectivity index is 2.20. The van der Waals surface area contributed by atoms with Gasteiger partial charge in [0.15, 0.2) is 0 Å². The molecule has 0 saturated carbocycles. The number of nitrogens with zero attached hydrogens (tertiary/aromatic N) is 1. The molecule has 0 bridgehead atoms. The standard InChI is InChI=1S/C25H34N2O3S/c1-6-19(4)26-25(29)23(7-2)27(16-20-10-12-21(30-5)13-11-20)24(28)17-31-22-14-8-18(3)9-15-22/h8-15,19,23H,6-7,16-17H2,1-5H3,(H,26,29)/t19-,23+/m1/s1. The largest absolute Gasteiger partial charge is 0.497 e. The van der Waals surface area contributed by atoms with Gasteiger partial charge >= 0.3 is 0 Å². The van der Waals surface area contributed by atoms with Gasteiger partial charge in [-0.1, -0.05) is 43.7 Å². The highest BCUT2D eigenvalue weighted by molar-refractivity contribution is 8.00. The summed E-state index contributed by atoms with van der Waals surface area (Å²) < 4.78 is 5.23. The molecule has 2 rings (SSSR count). The maximum absolute atomic E-state index is 13.3. The van der Waals surface area contributed by atoms with Crippen LogP contribution in [0.2, 0.25) is 0 Å². The van der Waals surface area contributed by atoms with Crippen LogP contribution < -0.4 is 10.1 Å². The lowest BCUT2D eigenvalue weighted by atomic mass is 10.1. The molecule has 6 heteroatoms. The molecule has 0 saturated heterocycles. The molecule has 0 aliphatic heterocycles. The predicted molar refractivity (Wildman–Crippen MR) is 127 cm³/mol. The zero-order chi connectivity index (χ0) is 22.8. The van der Waals surface area contributed by atoms with E-state index in [0.29, 0.717) is 13.0 Å². The fourth-order valence-electron chi connectivity index (χ4n) is 3.15. The van der Waals surface area contributed by atoms with Gasteiger partial charge in [-0.2, -0.15) is 0 Å². The van der Waals surface area contributed by atoms with Crippen molar-refractivity contribution >= 4 is 23.6 Å². The van der Waals surface area contributed by atoms with E-state index in [1.54, 1.807) is 12.0 Å². The highest BCUT2D eigenvalue weighted by Gasteiger charge is 2.29. The average molecular weight is 443 g/mol. The van der Waals surface area contributed by atoms with Crippen LogP contribution in [0.5, 0.6) is 5.75 Å². The van der Waals surface area contributed by atoms with Crippen LogP contribution in [0.25, 0.3) is 0 Å². The second kappa shape index (κ2) is 12.4. The third kappa shape index (κ3) is 7.62. The minimum absolute atomic E-state index is 0.0486. The Hall–Kier alpha value is -2.47. The second-order valence-corrected chi connectivity index (χ2v) is 8.76. The fraction of sp³-hybridized carbons (Fsp3) is 0.440. The van der Waals surface area contributed by atoms with Crippen LogP contribution in [0.1, 0.15) is 44.7 Å². The predicted octanol–water partition coefficient (Wildman–Crippen LogP) is 4.82. The Morgan fingerprint density at radius 2 is 1.68 bits per heavy atom. The van der Waals surface area contributed by atoms with Gasteiger partial charge in [0.2, 0.25) is 11.8 Å². The smallest absolute Gasteiger partial charge is 0.243 e. The molecule has 31 heavy (non-hydrogen) atoms. The molecule has 0 heterocycles. The van der Waals surface area contributed by atoms with Crippen LogP contribution in [0.3, 0.4) is 0 Å². The number of benzene rings is 2. The van der Waals surface area contributed by atoms with Crippen molar-refractivity contribution in [3.63, 3.8) is 0 Å². The van der Waals surface area contributed by atoms with E-state index in [4.69, 9.17) is 4.74 Å². The molecule has 0 aliphatic rings. The minimum atomic E-state index is -0.512. The molecule has 0 aliphatic carbocycles. The summed E-state index contributed by atoms with van der Waals surface area (Å²) in [6, 6.07) is 15.3. The number of hydrogen-bond donors (Lipinski definition) is 1. The van der Waals surface area contributed by atoms with E-state index < -0.39 is 6.04 Å². The second-order valence-electron chi connectivity index (χ2n) is 7.71. The molecular formula is C25H34N2O3S. The molecule has 2 aromatic carbocycles. The molecule has 168 valence electrons. The number of thioether (sulfide) groups is 1. The molecule has 1 N–H and O–H groups in total. The van der Waals surface area contributed by atoms with E-state index in [1.165, 1.54) is 17.3 Å². The van der Waals surface area contributed by atoms with E-state index in [1.807, 2.05) is 76.2 Å². The first-order chi connectivity index (χ1) is 14.9. The topological polar surface area (TPSA) is 58.6 Å². The van der Waals surface area contributed by atoms with Gasteiger partial charge in [0.1, 0.15) is 11.8 Å². The Morgan fingerprint density at radius 1 is 1.03 bits per heavy atom. The van der Waals surface area contributed by atoms with Crippen molar-refractivity contribution in [2.45, 2.75) is 64.1 Å². The van der Waals surface area contributed by atoms with Crippen LogP contribution in [-0.4, -0.2) is 41.7 Å². The van der Waals surface area contributed by atoms with Crippen LogP contribution in [0, 0.1) is 6.92 Å². The number of nitrogens with one attached hydrogen (secondary N) is 1. The summed E-state index contributed by atoms with van der Waals surface area (Å²) in [6.07, 6.45) is 1.40. The molecule has 0 aromatic heterocycles. The molecule has 0 spiro atoms. The average Bonchev–Trinajstić information content (AvgIpc) is 2.78. The van der Waals surface area contributed by atoms with Crippen molar-refractivity contribution in [2.75, 3.05) is 12.9 Å². The van der Waals surface area contributed by atoms with E-state index >= 15 is 0 Å². The summed E-state index contributed by atoms with van der Waals surface area (Å²) in [5.41, 5.74) is 2.15. The van der Waals surface area contributed by atoms with Gasteiger partial charge in [-0.3, -0.25) is 9.59 Å². The quantitative estimate of drug-likeness (QED) is 0.507. The minimum Gasteiger partial charge on any atom is -0.497 e. The molecule has 0 unspecified atom stereocenters. The maximum Gasteiger partial charge on any atom is 0.243 e. The molecule has 0 fully saturated rings. The summed E-state index contributed by atoms with van der Waals surface area (Å²) in [6.45, 7) is 8.38. The lowest BCUT2D eigenvalue weighted by Crippen LogP contribution is -2.51. The Kier molecular flexibility index (Phi) is 9.92. The molecule has 0 radical (unpaired) electrons. The Labute approximate surface area is 190 Å². The third-order valence-corrected chi connectivity index (χ3v) is 6.28. The first-order valence-electron chi connectivity index (χ1n) is 10.8. The van der Waals surface area contributed by atoms with Crippen LogP contribution >= 0.6 is 11.8 Å². The number of carbonyl (C=O) groups is 2. The van der Waals surface area contributed by atoms with E-state index in [0.717, 1.165) is 22.6 Å². The molecular weight excluding hydrogens is 408 g/mol. The van der Waals surface area contributed by atoms with Gasteiger partial charge in [0, 0.05) is 17.5 Å². The first kappa shape index (κ1) is 24.8. The van der Waals surface area contributed by atoms with Crippen LogP contribution in [-0.2, 0) is 16.1 Å². The molecule has 2 atom stereocenters. The van der Waals surface area contributed by atoms with Crippen LogP contribution in [0.15, 0.2) is 53.4 Å². The highest BCUT2D eigenvalue weighted by Crippen LogP contribution is 2.22. The summed E-state index contributed by atoms with van der Waals surface area (Å²) >= 11 is 1.50. The van der Waals surface area contributed by atoms with Gasteiger partial charge in [0.25, 0.3) is 0 Å². The summed E-state index contributed by atoms with van der Waals surface area (Å²) in [4.78, 5) is 29.0. The van der Waals surface area contributed by atoms with Crippen molar-refractivity contribution in [1.29, 1.82) is 0 Å². The first-order valence-corrected chi connectivity index (χ1v) is 11.8. The zero-order valence-corrected chi connectivity index (χ0v) is 20.0. The van der Waals surface area contributed by atoms with E-state index in [-0.39, 0.29) is 23.6 Å². The Morgan fingerprint density at radius 3 is 2.23 bits per heavy atom. The van der Waals surface area contributed by atoms with Crippen molar-refractivity contribution < 1.29 is 14.3 Å². The fourth-order valence-corrected chi connectivity index (χ4v) is 3.94.